The Morgan fingerprint density at radius 1 is 1.08 bits per heavy atom. The second kappa shape index (κ2) is 10.4. The van der Waals surface area contributed by atoms with Crippen molar-refractivity contribution in [1.82, 2.24) is 5.43 Å². The number of hydrogen-bond acceptors (Lipinski definition) is 5. The van der Waals surface area contributed by atoms with Gasteiger partial charge in [-0.1, -0.05) is 35.9 Å². The number of hydrazone groups is 1. The van der Waals surface area contributed by atoms with Crippen LogP contribution in [0.4, 0.5) is 35.9 Å². The summed E-state index contributed by atoms with van der Waals surface area (Å²) in [4.78, 5) is 1.99. The summed E-state index contributed by atoms with van der Waals surface area (Å²) >= 11 is 11.4. The fourth-order valence-electron chi connectivity index (χ4n) is 4.17. The first-order chi connectivity index (χ1) is 18.2. The highest BCUT2D eigenvalue weighted by Gasteiger charge is 2.31. The van der Waals surface area contributed by atoms with Crippen molar-refractivity contribution in [3.63, 3.8) is 0 Å². The highest BCUT2D eigenvalue weighted by molar-refractivity contribution is 7.80. The van der Waals surface area contributed by atoms with Crippen molar-refractivity contribution in [3.8, 4) is 5.75 Å². The first-order valence-electron chi connectivity index (χ1n) is 11.5. The number of nitrogens with zero attached hydrogens (tertiary/aromatic N) is 2. The third kappa shape index (κ3) is 5.76. The summed E-state index contributed by atoms with van der Waals surface area (Å²) in [5.41, 5.74) is 8.12. The second-order valence-electron chi connectivity index (χ2n) is 8.53. The Bertz CT molecular complexity index is 1540. The lowest BCUT2D eigenvalue weighted by atomic mass is 10.0. The molecular formula is C27H21ClF3N5OS. The first kappa shape index (κ1) is 25.6. The summed E-state index contributed by atoms with van der Waals surface area (Å²) in [6, 6.07) is 21.2. The Morgan fingerprint density at radius 2 is 1.87 bits per heavy atom. The molecule has 0 unspecified atom stereocenters. The van der Waals surface area contributed by atoms with E-state index in [0.29, 0.717) is 16.8 Å². The minimum atomic E-state index is -4.72. The van der Waals surface area contributed by atoms with E-state index >= 15 is 0 Å². The third-order valence-corrected chi connectivity index (χ3v) is 6.36. The van der Waals surface area contributed by atoms with Crippen LogP contribution in [0.2, 0.25) is 5.02 Å². The van der Waals surface area contributed by atoms with Gasteiger partial charge in [0.1, 0.15) is 5.75 Å². The number of aryl methyl sites for hydroxylation is 1. The fraction of sp³-hybridized carbons (Fsp3) is 0.111. The molecule has 0 saturated heterocycles. The van der Waals surface area contributed by atoms with Crippen LogP contribution in [0.15, 0.2) is 77.9 Å². The van der Waals surface area contributed by atoms with E-state index in [9.17, 15) is 13.2 Å². The average Bonchev–Trinajstić information content (AvgIpc) is 3.30. The van der Waals surface area contributed by atoms with Gasteiger partial charge in [-0.15, -0.1) is 13.2 Å². The van der Waals surface area contributed by atoms with Crippen LogP contribution in [0, 0.1) is 6.92 Å². The lowest BCUT2D eigenvalue weighted by Crippen LogP contribution is -2.24. The van der Waals surface area contributed by atoms with E-state index in [0.717, 1.165) is 44.6 Å². The number of benzene rings is 4. The molecule has 0 amide bonds. The van der Waals surface area contributed by atoms with E-state index in [1.165, 1.54) is 12.1 Å². The van der Waals surface area contributed by atoms with Crippen LogP contribution in [0.1, 0.15) is 11.1 Å². The van der Waals surface area contributed by atoms with Gasteiger partial charge in [-0.2, -0.15) is 5.10 Å². The molecule has 4 aromatic rings. The summed E-state index contributed by atoms with van der Waals surface area (Å²) in [6.07, 6.45) is -3.05. The molecule has 0 aromatic heterocycles. The lowest BCUT2D eigenvalue weighted by molar-refractivity contribution is -0.274. The molecule has 0 atom stereocenters. The van der Waals surface area contributed by atoms with Gasteiger partial charge in [0.05, 0.1) is 24.3 Å². The molecule has 1 aliphatic rings. The van der Waals surface area contributed by atoms with Gasteiger partial charge in [-0.05, 0) is 84.2 Å². The Labute approximate surface area is 227 Å². The van der Waals surface area contributed by atoms with Gasteiger partial charge in [0.15, 0.2) is 5.11 Å². The van der Waals surface area contributed by atoms with E-state index in [1.54, 1.807) is 24.4 Å². The molecule has 11 heteroatoms. The highest BCUT2D eigenvalue weighted by Crippen LogP contribution is 2.42. The maximum absolute atomic E-state index is 12.5. The third-order valence-electron chi connectivity index (χ3n) is 5.94. The van der Waals surface area contributed by atoms with E-state index in [1.807, 2.05) is 54.3 Å². The van der Waals surface area contributed by atoms with Gasteiger partial charge >= 0.3 is 6.36 Å². The van der Waals surface area contributed by atoms with E-state index in [-0.39, 0.29) is 5.75 Å². The zero-order chi connectivity index (χ0) is 26.9. The summed E-state index contributed by atoms with van der Waals surface area (Å²) < 4.78 is 41.3. The number of nitrogens with one attached hydrogen (secondary N) is 3. The Morgan fingerprint density at radius 3 is 2.63 bits per heavy atom. The summed E-state index contributed by atoms with van der Waals surface area (Å²) in [7, 11) is 0. The Kier molecular flexibility index (Phi) is 7.00. The van der Waals surface area contributed by atoms with Crippen molar-refractivity contribution < 1.29 is 17.9 Å². The van der Waals surface area contributed by atoms with Crippen LogP contribution in [0.5, 0.6) is 5.75 Å². The normalized spacial score (nSPS) is 12.9. The number of thiocarbonyl (C=S) groups is 1. The van der Waals surface area contributed by atoms with Crippen molar-refractivity contribution in [2.45, 2.75) is 13.3 Å². The van der Waals surface area contributed by atoms with Crippen molar-refractivity contribution in [2.75, 3.05) is 22.2 Å². The van der Waals surface area contributed by atoms with Crippen LogP contribution in [0.25, 0.3) is 10.8 Å². The molecule has 0 bridgehead atoms. The number of halogens is 4. The minimum Gasteiger partial charge on any atom is -0.406 e. The van der Waals surface area contributed by atoms with Crippen LogP contribution in [-0.2, 0) is 0 Å². The van der Waals surface area contributed by atoms with Crippen molar-refractivity contribution in [1.29, 1.82) is 0 Å². The molecule has 5 rings (SSSR count). The Hall–Kier alpha value is -4.02. The predicted molar refractivity (Wildman–Crippen MR) is 151 cm³/mol. The summed E-state index contributed by atoms with van der Waals surface area (Å²) in [6.45, 7) is 2.44. The van der Waals surface area contributed by atoms with Gasteiger partial charge in [0, 0.05) is 21.8 Å². The number of rotatable bonds is 5. The number of hydrogen-bond donors (Lipinski definition) is 3. The van der Waals surface area contributed by atoms with Crippen LogP contribution in [0.3, 0.4) is 0 Å². The number of ether oxygens (including phenoxy) is 1. The van der Waals surface area contributed by atoms with Crippen molar-refractivity contribution in [3.05, 3.63) is 88.9 Å². The van der Waals surface area contributed by atoms with Gasteiger partial charge in [-0.25, -0.2) is 0 Å². The van der Waals surface area contributed by atoms with Crippen LogP contribution < -0.4 is 25.7 Å². The quantitative estimate of drug-likeness (QED) is 0.134. The summed E-state index contributed by atoms with van der Waals surface area (Å²) in [5, 5.41) is 13.7. The van der Waals surface area contributed by atoms with E-state index < -0.39 is 6.36 Å². The molecule has 6 nitrogen and oxygen atoms in total. The topological polar surface area (TPSA) is 60.9 Å². The molecule has 0 aliphatic carbocycles. The largest absolute Gasteiger partial charge is 0.573 e. The molecule has 38 heavy (non-hydrogen) atoms. The van der Waals surface area contributed by atoms with Gasteiger partial charge in [0.25, 0.3) is 0 Å². The van der Waals surface area contributed by atoms with Gasteiger partial charge < -0.3 is 20.3 Å². The molecule has 4 aromatic carbocycles. The molecule has 0 fully saturated rings. The fourth-order valence-corrected chi connectivity index (χ4v) is 4.51. The molecular weight excluding hydrogens is 535 g/mol. The molecule has 0 saturated carbocycles. The van der Waals surface area contributed by atoms with Gasteiger partial charge in [-0.3, -0.25) is 5.43 Å². The molecule has 3 N–H and O–H groups in total. The van der Waals surface area contributed by atoms with Gasteiger partial charge in [0.2, 0.25) is 0 Å². The Balaban J connectivity index is 1.28. The number of fused-ring (bicyclic) bond motifs is 3. The standard InChI is InChI=1S/C27H21ClF3N5OS/c1-16-2-5-19(28)13-23(16)34-26(38)35-33-14-17-3-10-22-18(12-17)4-11-24-25(22)32-15-36(24)20-6-8-21(9-7-20)37-27(29,30)31/h2-14,32H,15H2,1H3,(H2,34,35,38)/b33-14+. The average molecular weight is 556 g/mol. The minimum absolute atomic E-state index is 0.257. The van der Waals surface area contributed by atoms with Crippen LogP contribution >= 0.6 is 23.8 Å². The maximum atomic E-state index is 12.5. The zero-order valence-corrected chi connectivity index (χ0v) is 21.5. The molecule has 194 valence electrons. The van der Waals surface area contributed by atoms with Crippen molar-refractivity contribution >= 4 is 68.7 Å². The monoisotopic (exact) mass is 555 g/mol. The number of alkyl halides is 3. The maximum Gasteiger partial charge on any atom is 0.573 e. The zero-order valence-electron chi connectivity index (χ0n) is 19.9. The highest BCUT2D eigenvalue weighted by atomic mass is 35.5. The molecule has 1 aliphatic heterocycles. The molecule has 0 spiro atoms. The predicted octanol–water partition coefficient (Wildman–Crippen LogP) is 7.54. The van der Waals surface area contributed by atoms with Crippen molar-refractivity contribution in [2.24, 2.45) is 5.10 Å². The SMILES string of the molecule is Cc1ccc(Cl)cc1NC(=S)N/N=C/c1ccc2c3c(ccc2c1)N(c1ccc(OC(F)(F)F)cc1)CN3. The van der Waals surface area contributed by atoms with E-state index in [4.69, 9.17) is 23.8 Å². The van der Waals surface area contributed by atoms with Crippen LogP contribution in [-0.4, -0.2) is 24.4 Å². The molecule has 0 radical (unpaired) electrons. The summed E-state index contributed by atoms with van der Waals surface area (Å²) in [5.74, 6) is -0.257. The first-order valence-corrected chi connectivity index (χ1v) is 12.3. The smallest absolute Gasteiger partial charge is 0.406 e. The molecule has 1 heterocycles. The van der Waals surface area contributed by atoms with E-state index in [2.05, 4.69) is 25.9 Å². The number of anilines is 4. The second-order valence-corrected chi connectivity index (χ2v) is 9.37. The lowest BCUT2D eigenvalue weighted by Gasteiger charge is -2.19.